The molecule has 0 bridgehead atoms. The molecule has 0 aromatic heterocycles. The maximum Gasteiger partial charge on any atom is 0.181 e. The average Bonchev–Trinajstić information content (AvgIpc) is 2.50. The molecule has 2 aliphatic heterocycles. The summed E-state index contributed by atoms with van der Waals surface area (Å²) in [5.74, 6) is 2.41. The van der Waals surface area contributed by atoms with Crippen LogP contribution in [0.3, 0.4) is 0 Å². The van der Waals surface area contributed by atoms with Crippen LogP contribution in [0.15, 0.2) is 29.2 Å². The van der Waals surface area contributed by atoms with Crippen molar-refractivity contribution in [3.05, 3.63) is 29.8 Å². The molecule has 0 aliphatic carbocycles. The Labute approximate surface area is 104 Å². The average molecular weight is 272 g/mol. The summed E-state index contributed by atoms with van der Waals surface area (Å²) in [5.41, 5.74) is 1.02. The van der Waals surface area contributed by atoms with Crippen LogP contribution in [0.4, 0.5) is 0 Å². The molecule has 16 heavy (non-hydrogen) atoms. The lowest BCUT2D eigenvalue weighted by Gasteiger charge is -2.31. The van der Waals surface area contributed by atoms with Crippen LogP contribution in [0, 0.1) is 0 Å². The highest BCUT2D eigenvalue weighted by atomic mass is 32.2. The van der Waals surface area contributed by atoms with Gasteiger partial charge in [-0.1, -0.05) is 18.2 Å². The van der Waals surface area contributed by atoms with Gasteiger partial charge in [0.15, 0.2) is 9.84 Å². The molecule has 0 radical (unpaired) electrons. The van der Waals surface area contributed by atoms with Gasteiger partial charge in [0.2, 0.25) is 0 Å². The standard InChI is InChI=1S/C11H12O2S3/c12-16(13)8-11(14-6-3-7-15-11)9-4-1-2-5-10(9)16/h1-2,4-5H,3,6-8H2. The van der Waals surface area contributed by atoms with Crippen LogP contribution in [0.1, 0.15) is 12.0 Å². The van der Waals surface area contributed by atoms with Crippen molar-refractivity contribution in [1.29, 1.82) is 0 Å². The van der Waals surface area contributed by atoms with Gasteiger partial charge >= 0.3 is 0 Å². The summed E-state index contributed by atoms with van der Waals surface area (Å²) in [6.45, 7) is 0. The van der Waals surface area contributed by atoms with Gasteiger partial charge in [0.25, 0.3) is 0 Å². The van der Waals surface area contributed by atoms with Crippen LogP contribution < -0.4 is 0 Å². The molecule has 0 unspecified atom stereocenters. The summed E-state index contributed by atoms with van der Waals surface area (Å²) in [7, 11) is -3.06. The van der Waals surface area contributed by atoms with Crippen LogP contribution >= 0.6 is 23.5 Å². The number of benzene rings is 1. The van der Waals surface area contributed by atoms with E-state index in [1.807, 2.05) is 18.2 Å². The van der Waals surface area contributed by atoms with Gasteiger partial charge in [0, 0.05) is 0 Å². The molecule has 1 spiro atoms. The summed E-state index contributed by atoms with van der Waals surface area (Å²) in [6, 6.07) is 7.48. The van der Waals surface area contributed by atoms with E-state index < -0.39 is 9.84 Å². The molecule has 3 rings (SSSR count). The minimum Gasteiger partial charge on any atom is -0.224 e. The van der Waals surface area contributed by atoms with E-state index in [0.29, 0.717) is 4.90 Å². The zero-order valence-electron chi connectivity index (χ0n) is 8.68. The smallest absolute Gasteiger partial charge is 0.181 e. The van der Waals surface area contributed by atoms with Gasteiger partial charge in [0.1, 0.15) is 4.08 Å². The first-order valence-electron chi connectivity index (χ1n) is 5.24. The minimum absolute atomic E-state index is 0.215. The van der Waals surface area contributed by atoms with Gasteiger partial charge in [-0.2, -0.15) is 0 Å². The normalized spacial score (nSPS) is 25.5. The zero-order chi connectivity index (χ0) is 11.2. The summed E-state index contributed by atoms with van der Waals surface area (Å²) in [6.07, 6.45) is 1.18. The Hall–Kier alpha value is -0.130. The molecular weight excluding hydrogens is 260 g/mol. The van der Waals surface area contributed by atoms with Crippen LogP contribution in [-0.4, -0.2) is 25.7 Å². The Morgan fingerprint density at radius 2 is 1.81 bits per heavy atom. The molecule has 2 heterocycles. The molecule has 2 nitrogen and oxygen atoms in total. The third-order valence-electron chi connectivity index (χ3n) is 2.97. The predicted octanol–water partition coefficient (Wildman–Crippen LogP) is 2.50. The van der Waals surface area contributed by atoms with E-state index >= 15 is 0 Å². The lowest BCUT2D eigenvalue weighted by molar-refractivity contribution is 0.599. The summed E-state index contributed by atoms with van der Waals surface area (Å²) in [5, 5.41) is 0. The maximum atomic E-state index is 12.1. The van der Waals surface area contributed by atoms with E-state index in [4.69, 9.17) is 0 Å². The van der Waals surface area contributed by atoms with Crippen LogP contribution in [0.5, 0.6) is 0 Å². The van der Waals surface area contributed by atoms with Crippen LogP contribution in [-0.2, 0) is 13.9 Å². The molecule has 1 saturated heterocycles. The molecular formula is C11H12O2S3. The third kappa shape index (κ3) is 1.52. The fourth-order valence-corrected chi connectivity index (χ4v) is 8.59. The van der Waals surface area contributed by atoms with E-state index in [-0.39, 0.29) is 9.83 Å². The van der Waals surface area contributed by atoms with E-state index in [2.05, 4.69) is 0 Å². The Kier molecular flexibility index (Phi) is 2.53. The molecule has 0 amide bonds. The minimum atomic E-state index is -3.06. The number of sulfone groups is 1. The first-order valence-corrected chi connectivity index (χ1v) is 8.87. The molecule has 2 aliphatic rings. The van der Waals surface area contributed by atoms with Crippen molar-refractivity contribution in [3.63, 3.8) is 0 Å². The first-order chi connectivity index (χ1) is 7.64. The van der Waals surface area contributed by atoms with Crippen molar-refractivity contribution < 1.29 is 8.42 Å². The number of rotatable bonds is 0. The highest BCUT2D eigenvalue weighted by Crippen LogP contribution is 2.56. The fourth-order valence-electron chi connectivity index (χ4n) is 2.27. The van der Waals surface area contributed by atoms with Crippen molar-refractivity contribution in [1.82, 2.24) is 0 Å². The number of hydrogen-bond donors (Lipinski definition) is 0. The SMILES string of the molecule is O=S1(=O)CC2(SCCCS2)c2ccccc21. The quantitative estimate of drug-likeness (QED) is 0.727. The highest BCUT2D eigenvalue weighted by Gasteiger charge is 2.48. The second kappa shape index (κ2) is 3.68. The van der Waals surface area contributed by atoms with Crippen LogP contribution in [0.25, 0.3) is 0 Å². The number of fused-ring (bicyclic) bond motifs is 2. The van der Waals surface area contributed by atoms with Gasteiger partial charge in [-0.15, -0.1) is 23.5 Å². The number of hydrogen-bond acceptors (Lipinski definition) is 4. The molecule has 0 N–H and O–H groups in total. The second-order valence-electron chi connectivity index (χ2n) is 4.06. The van der Waals surface area contributed by atoms with Gasteiger partial charge < -0.3 is 0 Å². The van der Waals surface area contributed by atoms with Gasteiger partial charge in [-0.05, 0) is 29.6 Å². The summed E-state index contributed by atoms with van der Waals surface area (Å²) < 4.78 is 24.0. The molecule has 1 aromatic carbocycles. The van der Waals surface area contributed by atoms with Crippen molar-refractivity contribution in [2.24, 2.45) is 0 Å². The summed E-state index contributed by atoms with van der Waals surface area (Å²) in [4.78, 5) is 0.553. The zero-order valence-corrected chi connectivity index (χ0v) is 11.1. The van der Waals surface area contributed by atoms with Gasteiger partial charge in [-0.3, -0.25) is 0 Å². The van der Waals surface area contributed by atoms with E-state index in [1.165, 1.54) is 6.42 Å². The lowest BCUT2D eigenvalue weighted by atomic mass is 10.2. The van der Waals surface area contributed by atoms with Crippen molar-refractivity contribution in [2.45, 2.75) is 15.4 Å². The Morgan fingerprint density at radius 3 is 2.56 bits per heavy atom. The van der Waals surface area contributed by atoms with Crippen LogP contribution in [0.2, 0.25) is 0 Å². The van der Waals surface area contributed by atoms with Crippen molar-refractivity contribution in [2.75, 3.05) is 17.3 Å². The van der Waals surface area contributed by atoms with E-state index in [9.17, 15) is 8.42 Å². The van der Waals surface area contributed by atoms with Crippen molar-refractivity contribution in [3.8, 4) is 0 Å². The monoisotopic (exact) mass is 272 g/mol. The molecule has 1 fully saturated rings. The molecule has 5 heteroatoms. The van der Waals surface area contributed by atoms with E-state index in [0.717, 1.165) is 17.1 Å². The topological polar surface area (TPSA) is 34.1 Å². The molecule has 0 atom stereocenters. The Balaban J connectivity index is 2.19. The molecule has 1 aromatic rings. The number of thioether (sulfide) groups is 2. The Bertz CT molecular complexity index is 516. The highest BCUT2D eigenvalue weighted by molar-refractivity contribution is 8.19. The second-order valence-corrected chi connectivity index (χ2v) is 9.06. The summed E-state index contributed by atoms with van der Waals surface area (Å²) >= 11 is 3.60. The van der Waals surface area contributed by atoms with Gasteiger partial charge in [0.05, 0.1) is 10.6 Å². The third-order valence-corrected chi connectivity index (χ3v) is 8.53. The molecule has 86 valence electrons. The van der Waals surface area contributed by atoms with E-state index in [1.54, 1.807) is 29.6 Å². The van der Waals surface area contributed by atoms with Gasteiger partial charge in [-0.25, -0.2) is 8.42 Å². The van der Waals surface area contributed by atoms with Crippen molar-refractivity contribution >= 4 is 33.4 Å². The fraction of sp³-hybridized carbons (Fsp3) is 0.455. The largest absolute Gasteiger partial charge is 0.224 e. The maximum absolute atomic E-state index is 12.1. The lowest BCUT2D eigenvalue weighted by Crippen LogP contribution is -2.24. The molecule has 0 saturated carbocycles. The Morgan fingerprint density at radius 1 is 1.12 bits per heavy atom. The first kappa shape index (κ1) is 11.0. The predicted molar refractivity (Wildman–Crippen MR) is 69.7 cm³/mol.